The van der Waals surface area contributed by atoms with Crippen molar-refractivity contribution in [2.75, 3.05) is 20.8 Å². The van der Waals surface area contributed by atoms with Gasteiger partial charge >= 0.3 is 11.7 Å². The molecule has 0 aliphatic rings. The van der Waals surface area contributed by atoms with Crippen molar-refractivity contribution in [3.8, 4) is 11.5 Å². The highest BCUT2D eigenvalue weighted by atomic mass is 16.6. The number of nitro benzene ring substituents is 1. The predicted octanol–water partition coefficient (Wildman–Crippen LogP) is 1.16. The second-order valence-corrected chi connectivity index (χ2v) is 2.96. The normalized spacial score (nSPS) is 9.53. The summed E-state index contributed by atoms with van der Waals surface area (Å²) in [5, 5.41) is 10.8. The molecule has 0 saturated carbocycles. The summed E-state index contributed by atoms with van der Waals surface area (Å²) in [6.07, 6.45) is 0. The number of esters is 1. The summed E-state index contributed by atoms with van der Waals surface area (Å²) in [6.45, 7) is -0.385. The summed E-state index contributed by atoms with van der Waals surface area (Å²) >= 11 is 0. The number of nitro groups is 1. The van der Waals surface area contributed by atoms with Crippen LogP contribution < -0.4 is 9.47 Å². The van der Waals surface area contributed by atoms with Gasteiger partial charge in [0.1, 0.15) is 5.75 Å². The van der Waals surface area contributed by atoms with Gasteiger partial charge in [-0.05, 0) is 12.1 Å². The number of benzene rings is 1. The first-order valence-electron chi connectivity index (χ1n) is 4.60. The van der Waals surface area contributed by atoms with Crippen molar-refractivity contribution in [3.63, 3.8) is 0 Å². The van der Waals surface area contributed by atoms with Crippen molar-refractivity contribution < 1.29 is 23.9 Å². The zero-order valence-electron chi connectivity index (χ0n) is 9.34. The summed E-state index contributed by atoms with van der Waals surface area (Å²) in [5.74, 6) is -0.293. The highest BCUT2D eigenvalue weighted by Crippen LogP contribution is 2.30. The number of methoxy groups -OCH3 is 2. The molecular formula is C10H11NO6. The number of ether oxygens (including phenoxy) is 3. The lowest BCUT2D eigenvalue weighted by atomic mass is 10.3. The molecule has 0 bridgehead atoms. The summed E-state index contributed by atoms with van der Waals surface area (Å²) in [6, 6.07) is 4.08. The molecule has 0 radical (unpaired) electrons. The van der Waals surface area contributed by atoms with Gasteiger partial charge in [0.25, 0.3) is 0 Å². The van der Waals surface area contributed by atoms with Crippen LogP contribution in [-0.4, -0.2) is 31.7 Å². The Labute approximate surface area is 97.0 Å². The Morgan fingerprint density at radius 1 is 1.41 bits per heavy atom. The van der Waals surface area contributed by atoms with E-state index in [1.165, 1.54) is 32.4 Å². The van der Waals surface area contributed by atoms with E-state index in [4.69, 9.17) is 9.47 Å². The van der Waals surface area contributed by atoms with Crippen molar-refractivity contribution in [1.29, 1.82) is 0 Å². The molecule has 7 nitrogen and oxygen atoms in total. The Kier molecular flexibility index (Phi) is 4.27. The van der Waals surface area contributed by atoms with Gasteiger partial charge in [0, 0.05) is 0 Å². The lowest BCUT2D eigenvalue weighted by Gasteiger charge is -2.06. The monoisotopic (exact) mass is 241 g/mol. The highest BCUT2D eigenvalue weighted by Gasteiger charge is 2.17. The maximum absolute atomic E-state index is 10.8. The Morgan fingerprint density at radius 2 is 2.12 bits per heavy atom. The fourth-order valence-electron chi connectivity index (χ4n) is 1.08. The van der Waals surface area contributed by atoms with E-state index >= 15 is 0 Å². The molecule has 0 saturated heterocycles. The second kappa shape index (κ2) is 5.69. The van der Waals surface area contributed by atoms with Gasteiger partial charge in [-0.1, -0.05) is 0 Å². The molecule has 0 spiro atoms. The average molecular weight is 241 g/mol. The van der Waals surface area contributed by atoms with Gasteiger partial charge in [0.15, 0.2) is 12.4 Å². The van der Waals surface area contributed by atoms with Crippen LogP contribution >= 0.6 is 0 Å². The summed E-state index contributed by atoms with van der Waals surface area (Å²) in [7, 11) is 2.60. The maximum Gasteiger partial charge on any atom is 0.343 e. The van der Waals surface area contributed by atoms with Crippen LogP contribution in [0.3, 0.4) is 0 Å². The first-order valence-corrected chi connectivity index (χ1v) is 4.60. The lowest BCUT2D eigenvalue weighted by Crippen LogP contribution is -2.13. The molecule has 17 heavy (non-hydrogen) atoms. The van der Waals surface area contributed by atoms with Crippen LogP contribution in [0.4, 0.5) is 5.69 Å². The molecule has 92 valence electrons. The number of nitrogens with zero attached hydrogens (tertiary/aromatic N) is 1. The van der Waals surface area contributed by atoms with Crippen molar-refractivity contribution >= 4 is 11.7 Å². The largest absolute Gasteiger partial charge is 0.496 e. The molecule has 1 rings (SSSR count). The maximum atomic E-state index is 10.8. The van der Waals surface area contributed by atoms with Crippen LogP contribution in [-0.2, 0) is 9.53 Å². The van der Waals surface area contributed by atoms with Crippen LogP contribution in [0.15, 0.2) is 18.2 Å². The quantitative estimate of drug-likeness (QED) is 0.436. The molecule has 0 aliphatic carbocycles. The van der Waals surface area contributed by atoms with Gasteiger partial charge in [-0.15, -0.1) is 0 Å². The summed E-state index contributed by atoms with van der Waals surface area (Å²) in [5.41, 5.74) is -0.270. The zero-order chi connectivity index (χ0) is 12.8. The van der Waals surface area contributed by atoms with E-state index in [0.717, 1.165) is 0 Å². The molecule has 0 atom stereocenters. The fraction of sp³-hybridized carbons (Fsp3) is 0.300. The van der Waals surface area contributed by atoms with E-state index in [1.54, 1.807) is 0 Å². The van der Waals surface area contributed by atoms with Gasteiger partial charge in [0.05, 0.1) is 25.2 Å². The molecule has 0 N–H and O–H groups in total. The molecule has 0 heterocycles. The third-order valence-corrected chi connectivity index (χ3v) is 1.94. The first kappa shape index (κ1) is 12.8. The molecule has 0 aliphatic heterocycles. The molecular weight excluding hydrogens is 230 g/mol. The van der Waals surface area contributed by atoms with Gasteiger partial charge < -0.3 is 14.2 Å². The zero-order valence-corrected chi connectivity index (χ0v) is 9.34. The van der Waals surface area contributed by atoms with Crippen molar-refractivity contribution in [2.24, 2.45) is 0 Å². The number of hydrogen-bond donors (Lipinski definition) is 0. The lowest BCUT2D eigenvalue weighted by molar-refractivity contribution is -0.385. The Balaban J connectivity index is 2.90. The van der Waals surface area contributed by atoms with Crippen LogP contribution in [0.5, 0.6) is 11.5 Å². The molecule has 1 aromatic carbocycles. The van der Waals surface area contributed by atoms with Crippen molar-refractivity contribution in [3.05, 3.63) is 28.3 Å². The van der Waals surface area contributed by atoms with Crippen LogP contribution in [0, 0.1) is 10.1 Å². The number of carbonyl (C=O) groups excluding carboxylic acids is 1. The van der Waals surface area contributed by atoms with E-state index < -0.39 is 10.9 Å². The van der Waals surface area contributed by atoms with E-state index in [0.29, 0.717) is 5.75 Å². The fourth-order valence-corrected chi connectivity index (χ4v) is 1.08. The summed E-state index contributed by atoms with van der Waals surface area (Å²) < 4.78 is 14.2. The van der Waals surface area contributed by atoms with Gasteiger partial charge in [-0.2, -0.15) is 0 Å². The Morgan fingerprint density at radius 3 is 2.65 bits per heavy atom. The van der Waals surface area contributed by atoms with Gasteiger partial charge in [-0.3, -0.25) is 10.1 Å². The Hall–Kier alpha value is -2.31. The third kappa shape index (κ3) is 3.33. The summed E-state index contributed by atoms with van der Waals surface area (Å²) in [4.78, 5) is 21.0. The standard InChI is InChI=1S/C10H11NO6/c1-15-7-3-4-9(8(5-7)11(13)14)17-6-10(12)16-2/h3-5H,6H2,1-2H3. The van der Waals surface area contributed by atoms with Gasteiger partial charge in [-0.25, -0.2) is 4.79 Å². The van der Waals surface area contributed by atoms with Crippen molar-refractivity contribution in [1.82, 2.24) is 0 Å². The van der Waals surface area contributed by atoms with Gasteiger partial charge in [0.2, 0.25) is 0 Å². The van der Waals surface area contributed by atoms with E-state index in [2.05, 4.69) is 4.74 Å². The molecule has 7 heteroatoms. The molecule has 0 fully saturated rings. The van der Waals surface area contributed by atoms with Crippen LogP contribution in [0.25, 0.3) is 0 Å². The molecule has 0 aromatic heterocycles. The van der Waals surface area contributed by atoms with E-state index in [9.17, 15) is 14.9 Å². The minimum atomic E-state index is -0.616. The van der Waals surface area contributed by atoms with Crippen LogP contribution in [0.1, 0.15) is 0 Å². The topological polar surface area (TPSA) is 87.9 Å². The highest BCUT2D eigenvalue weighted by molar-refractivity contribution is 5.71. The minimum absolute atomic E-state index is 0.0128. The molecule has 1 aromatic rings. The van der Waals surface area contributed by atoms with E-state index in [1.807, 2.05) is 0 Å². The minimum Gasteiger partial charge on any atom is -0.496 e. The Bertz CT molecular complexity index is 431. The molecule has 0 amide bonds. The molecule has 0 unspecified atom stereocenters. The number of hydrogen-bond acceptors (Lipinski definition) is 6. The number of carbonyl (C=O) groups is 1. The second-order valence-electron chi connectivity index (χ2n) is 2.96. The van der Waals surface area contributed by atoms with Crippen LogP contribution in [0.2, 0.25) is 0 Å². The third-order valence-electron chi connectivity index (χ3n) is 1.94. The first-order chi connectivity index (χ1) is 8.08. The van der Waals surface area contributed by atoms with E-state index in [-0.39, 0.29) is 18.0 Å². The predicted molar refractivity (Wildman–Crippen MR) is 57.2 cm³/mol. The smallest absolute Gasteiger partial charge is 0.343 e. The number of rotatable bonds is 5. The SMILES string of the molecule is COC(=O)COc1ccc(OC)cc1[N+](=O)[O-]. The van der Waals surface area contributed by atoms with Crippen molar-refractivity contribution in [2.45, 2.75) is 0 Å². The average Bonchev–Trinajstić information content (AvgIpc) is 2.35.